The van der Waals surface area contributed by atoms with Crippen molar-refractivity contribution in [3.63, 3.8) is 0 Å². The third kappa shape index (κ3) is 5.26. The number of aromatic nitrogens is 1. The molecule has 17 heavy (non-hydrogen) atoms. The summed E-state index contributed by atoms with van der Waals surface area (Å²) in [7, 11) is 0. The van der Waals surface area contributed by atoms with Crippen molar-refractivity contribution < 1.29 is 4.79 Å². The van der Waals surface area contributed by atoms with Gasteiger partial charge < -0.3 is 10.6 Å². The van der Waals surface area contributed by atoms with E-state index in [9.17, 15) is 4.79 Å². The van der Waals surface area contributed by atoms with Crippen LogP contribution in [0.5, 0.6) is 0 Å². The van der Waals surface area contributed by atoms with Gasteiger partial charge in [-0.3, -0.25) is 9.78 Å². The topological polar surface area (TPSA) is 54.0 Å². The number of amides is 1. The van der Waals surface area contributed by atoms with Crippen molar-refractivity contribution in [1.29, 1.82) is 0 Å². The van der Waals surface area contributed by atoms with Crippen LogP contribution in [0.3, 0.4) is 0 Å². The van der Waals surface area contributed by atoms with Crippen LogP contribution in [0.15, 0.2) is 37.2 Å². The molecule has 1 rings (SSSR count). The molecular weight excluding hydrogens is 214 g/mol. The Balaban J connectivity index is 2.22. The summed E-state index contributed by atoms with van der Waals surface area (Å²) in [6, 6.07) is 3.77. The van der Waals surface area contributed by atoms with E-state index < -0.39 is 0 Å². The lowest BCUT2D eigenvalue weighted by Gasteiger charge is -2.13. The lowest BCUT2D eigenvalue weighted by molar-refractivity contribution is -0.122. The van der Waals surface area contributed by atoms with E-state index in [4.69, 9.17) is 0 Å². The Labute approximate surface area is 102 Å². The molecule has 1 aromatic rings. The van der Waals surface area contributed by atoms with E-state index in [1.54, 1.807) is 18.5 Å². The molecule has 1 unspecified atom stereocenters. The van der Waals surface area contributed by atoms with Crippen molar-refractivity contribution in [3.05, 3.63) is 42.7 Å². The average Bonchev–Trinajstić information content (AvgIpc) is 2.37. The van der Waals surface area contributed by atoms with Gasteiger partial charge in [-0.05, 0) is 37.6 Å². The van der Waals surface area contributed by atoms with Gasteiger partial charge in [-0.15, -0.1) is 6.58 Å². The van der Waals surface area contributed by atoms with E-state index in [1.165, 1.54) is 5.56 Å². The van der Waals surface area contributed by atoms with E-state index in [0.29, 0.717) is 6.54 Å². The van der Waals surface area contributed by atoms with E-state index in [-0.39, 0.29) is 11.9 Å². The Morgan fingerprint density at radius 3 is 2.88 bits per heavy atom. The van der Waals surface area contributed by atoms with Crippen molar-refractivity contribution in [2.24, 2.45) is 0 Å². The molecule has 0 spiro atoms. The summed E-state index contributed by atoms with van der Waals surface area (Å²) >= 11 is 0. The Kier molecular flexibility index (Phi) is 5.96. The smallest absolute Gasteiger partial charge is 0.237 e. The number of pyridine rings is 1. The fourth-order valence-electron chi connectivity index (χ4n) is 1.40. The molecule has 0 saturated carbocycles. The van der Waals surface area contributed by atoms with Gasteiger partial charge in [0.1, 0.15) is 0 Å². The molecular formula is C13H19N3O. The van der Waals surface area contributed by atoms with Crippen LogP contribution in [0.2, 0.25) is 0 Å². The van der Waals surface area contributed by atoms with Gasteiger partial charge in [-0.1, -0.05) is 6.08 Å². The summed E-state index contributed by atoms with van der Waals surface area (Å²) in [5.41, 5.74) is 1.21. The van der Waals surface area contributed by atoms with Crippen LogP contribution in [-0.2, 0) is 11.2 Å². The summed E-state index contributed by atoms with van der Waals surface area (Å²) in [5, 5.41) is 5.92. The molecule has 1 heterocycles. The normalized spacial score (nSPS) is 11.8. The molecule has 1 amide bonds. The van der Waals surface area contributed by atoms with Crippen LogP contribution >= 0.6 is 0 Å². The van der Waals surface area contributed by atoms with E-state index in [0.717, 1.165) is 13.0 Å². The SMILES string of the molecule is C=CCNC(=O)C(C)NCCc1ccncc1. The first-order valence-electron chi connectivity index (χ1n) is 5.75. The van der Waals surface area contributed by atoms with Gasteiger partial charge in [0.05, 0.1) is 6.04 Å². The van der Waals surface area contributed by atoms with E-state index in [2.05, 4.69) is 22.2 Å². The van der Waals surface area contributed by atoms with Gasteiger partial charge >= 0.3 is 0 Å². The molecule has 0 radical (unpaired) electrons. The molecule has 0 aliphatic carbocycles. The molecule has 0 fully saturated rings. The fourth-order valence-corrected chi connectivity index (χ4v) is 1.40. The van der Waals surface area contributed by atoms with Crippen LogP contribution in [0.1, 0.15) is 12.5 Å². The second-order valence-corrected chi connectivity index (χ2v) is 3.82. The number of hydrogen-bond donors (Lipinski definition) is 2. The number of nitrogens with zero attached hydrogens (tertiary/aromatic N) is 1. The summed E-state index contributed by atoms with van der Waals surface area (Å²) < 4.78 is 0. The molecule has 1 atom stereocenters. The number of carbonyl (C=O) groups excluding carboxylic acids is 1. The second-order valence-electron chi connectivity index (χ2n) is 3.82. The molecule has 0 saturated heterocycles. The van der Waals surface area contributed by atoms with Gasteiger partial charge in [-0.2, -0.15) is 0 Å². The molecule has 0 aliphatic rings. The first-order chi connectivity index (χ1) is 8.24. The van der Waals surface area contributed by atoms with Gasteiger partial charge in [0, 0.05) is 18.9 Å². The molecule has 2 N–H and O–H groups in total. The maximum atomic E-state index is 11.5. The first-order valence-corrected chi connectivity index (χ1v) is 5.75. The highest BCUT2D eigenvalue weighted by molar-refractivity contribution is 5.81. The van der Waals surface area contributed by atoms with Crippen molar-refractivity contribution in [3.8, 4) is 0 Å². The highest BCUT2D eigenvalue weighted by atomic mass is 16.2. The largest absolute Gasteiger partial charge is 0.351 e. The predicted octanol–water partition coefficient (Wildman–Crippen LogP) is 0.904. The second kappa shape index (κ2) is 7.57. The average molecular weight is 233 g/mol. The molecule has 92 valence electrons. The van der Waals surface area contributed by atoms with Crippen molar-refractivity contribution in [2.75, 3.05) is 13.1 Å². The predicted molar refractivity (Wildman–Crippen MR) is 68.6 cm³/mol. The lowest BCUT2D eigenvalue weighted by atomic mass is 10.2. The minimum absolute atomic E-state index is 0.000344. The molecule has 4 heteroatoms. The maximum absolute atomic E-state index is 11.5. The van der Waals surface area contributed by atoms with Crippen LogP contribution in [0, 0.1) is 0 Å². The number of hydrogen-bond acceptors (Lipinski definition) is 3. The van der Waals surface area contributed by atoms with Crippen LogP contribution in [0.25, 0.3) is 0 Å². The third-order valence-corrected chi connectivity index (χ3v) is 2.43. The molecule has 1 aromatic heterocycles. The van der Waals surface area contributed by atoms with Crippen molar-refractivity contribution in [1.82, 2.24) is 15.6 Å². The van der Waals surface area contributed by atoms with E-state index in [1.807, 2.05) is 19.1 Å². The monoisotopic (exact) mass is 233 g/mol. The van der Waals surface area contributed by atoms with Crippen LogP contribution < -0.4 is 10.6 Å². The quantitative estimate of drug-likeness (QED) is 0.688. The van der Waals surface area contributed by atoms with Gasteiger partial charge in [0.15, 0.2) is 0 Å². The number of carbonyl (C=O) groups is 1. The zero-order chi connectivity index (χ0) is 12.5. The lowest BCUT2D eigenvalue weighted by Crippen LogP contribution is -2.42. The Hall–Kier alpha value is -1.68. The standard InChI is InChI=1S/C13H19N3O/c1-3-7-16-13(17)11(2)15-10-6-12-4-8-14-9-5-12/h3-5,8-9,11,15H,1,6-7,10H2,2H3,(H,16,17). The van der Waals surface area contributed by atoms with Gasteiger partial charge in [0.25, 0.3) is 0 Å². The van der Waals surface area contributed by atoms with Crippen molar-refractivity contribution >= 4 is 5.91 Å². The van der Waals surface area contributed by atoms with Crippen molar-refractivity contribution in [2.45, 2.75) is 19.4 Å². The molecule has 0 aromatic carbocycles. The molecule has 0 aliphatic heterocycles. The Morgan fingerprint density at radius 1 is 1.53 bits per heavy atom. The number of nitrogens with one attached hydrogen (secondary N) is 2. The van der Waals surface area contributed by atoms with Crippen LogP contribution in [0.4, 0.5) is 0 Å². The van der Waals surface area contributed by atoms with Gasteiger partial charge in [0.2, 0.25) is 5.91 Å². The maximum Gasteiger partial charge on any atom is 0.237 e. The minimum atomic E-state index is -0.184. The minimum Gasteiger partial charge on any atom is -0.351 e. The Bertz CT molecular complexity index is 351. The zero-order valence-electron chi connectivity index (χ0n) is 10.1. The highest BCUT2D eigenvalue weighted by Crippen LogP contribution is 1.96. The summed E-state index contributed by atoms with van der Waals surface area (Å²) in [4.78, 5) is 15.5. The number of rotatable bonds is 7. The Morgan fingerprint density at radius 2 is 2.24 bits per heavy atom. The highest BCUT2D eigenvalue weighted by Gasteiger charge is 2.09. The third-order valence-electron chi connectivity index (χ3n) is 2.43. The summed E-state index contributed by atoms with van der Waals surface area (Å²) in [6.45, 7) is 6.68. The fraction of sp³-hybridized carbons (Fsp3) is 0.385. The molecule has 0 bridgehead atoms. The van der Waals surface area contributed by atoms with Crippen LogP contribution in [-0.4, -0.2) is 30.0 Å². The summed E-state index contributed by atoms with van der Waals surface area (Å²) in [5.74, 6) is -0.000344. The first kappa shape index (κ1) is 13.4. The molecule has 4 nitrogen and oxygen atoms in total. The van der Waals surface area contributed by atoms with Gasteiger partial charge in [-0.25, -0.2) is 0 Å². The summed E-state index contributed by atoms with van der Waals surface area (Å²) in [6.07, 6.45) is 6.11. The zero-order valence-corrected chi connectivity index (χ0v) is 10.1. The van der Waals surface area contributed by atoms with E-state index >= 15 is 0 Å².